The molecular formula is C12H12N2O5. The second-order valence-electron chi connectivity index (χ2n) is 3.50. The van der Waals surface area contributed by atoms with Gasteiger partial charge in [0.2, 0.25) is 0 Å². The average molecular weight is 264 g/mol. The van der Waals surface area contributed by atoms with Crippen LogP contribution in [0.4, 0.5) is 0 Å². The van der Waals surface area contributed by atoms with Crippen LogP contribution in [0.1, 0.15) is 0 Å². The third-order valence-electron chi connectivity index (χ3n) is 2.37. The molecule has 0 unspecified atom stereocenters. The maximum absolute atomic E-state index is 11.5. The lowest BCUT2D eigenvalue weighted by molar-refractivity contribution is 0.350. The van der Waals surface area contributed by atoms with Gasteiger partial charge in [0.1, 0.15) is 5.75 Å². The van der Waals surface area contributed by atoms with Gasteiger partial charge in [-0.25, -0.2) is 4.98 Å². The molecule has 0 aliphatic rings. The SMILES string of the molecule is COc1ccc(Oc2c(O)nc[nH]c2=O)cc1OC. The predicted octanol–water partition coefficient (Wildman–Crippen LogP) is 1.28. The molecule has 0 aliphatic carbocycles. The Kier molecular flexibility index (Phi) is 3.56. The maximum atomic E-state index is 11.5. The van der Waals surface area contributed by atoms with Crippen molar-refractivity contribution in [1.29, 1.82) is 0 Å². The van der Waals surface area contributed by atoms with E-state index >= 15 is 0 Å². The highest BCUT2D eigenvalue weighted by molar-refractivity contribution is 5.47. The van der Waals surface area contributed by atoms with Crippen LogP contribution in [0.2, 0.25) is 0 Å². The summed E-state index contributed by atoms with van der Waals surface area (Å²) in [7, 11) is 2.99. The quantitative estimate of drug-likeness (QED) is 0.864. The number of hydrogen-bond donors (Lipinski definition) is 2. The molecule has 0 bridgehead atoms. The fourth-order valence-corrected chi connectivity index (χ4v) is 1.47. The van der Waals surface area contributed by atoms with E-state index in [1.54, 1.807) is 12.1 Å². The summed E-state index contributed by atoms with van der Waals surface area (Å²) >= 11 is 0. The first kappa shape index (κ1) is 12.7. The molecule has 2 rings (SSSR count). The Balaban J connectivity index is 2.36. The highest BCUT2D eigenvalue weighted by atomic mass is 16.5. The maximum Gasteiger partial charge on any atom is 0.297 e. The Morgan fingerprint density at radius 1 is 1.21 bits per heavy atom. The highest BCUT2D eigenvalue weighted by Crippen LogP contribution is 2.33. The molecule has 7 nitrogen and oxygen atoms in total. The molecule has 0 aliphatic heterocycles. The molecule has 7 heteroatoms. The lowest BCUT2D eigenvalue weighted by Gasteiger charge is -2.10. The molecule has 0 spiro atoms. The van der Waals surface area contributed by atoms with E-state index in [1.807, 2.05) is 0 Å². The summed E-state index contributed by atoms with van der Waals surface area (Å²) in [5.74, 6) is 0.513. The number of aromatic nitrogens is 2. The number of ether oxygens (including phenoxy) is 3. The standard InChI is InChI=1S/C12H12N2O5/c1-17-8-4-3-7(5-9(8)18-2)19-10-11(15)13-6-14-12(10)16/h3-6H,1-2H3,(H2,13,14,15,16). The normalized spacial score (nSPS) is 10.0. The molecule has 0 saturated heterocycles. The van der Waals surface area contributed by atoms with Crippen molar-refractivity contribution in [2.45, 2.75) is 0 Å². The van der Waals surface area contributed by atoms with Crippen LogP contribution >= 0.6 is 0 Å². The van der Waals surface area contributed by atoms with Gasteiger partial charge in [-0.3, -0.25) is 4.79 Å². The summed E-state index contributed by atoms with van der Waals surface area (Å²) in [4.78, 5) is 17.3. The second kappa shape index (κ2) is 5.30. The first-order valence-electron chi connectivity index (χ1n) is 5.32. The zero-order valence-electron chi connectivity index (χ0n) is 10.3. The van der Waals surface area contributed by atoms with Crippen LogP contribution in [0.15, 0.2) is 29.3 Å². The molecule has 1 aromatic carbocycles. The van der Waals surface area contributed by atoms with Crippen LogP contribution in [0.3, 0.4) is 0 Å². The van der Waals surface area contributed by atoms with Gasteiger partial charge in [-0.2, -0.15) is 0 Å². The van der Waals surface area contributed by atoms with E-state index in [0.717, 1.165) is 6.33 Å². The van der Waals surface area contributed by atoms with Crippen LogP contribution in [0.25, 0.3) is 0 Å². The summed E-state index contributed by atoms with van der Waals surface area (Å²) in [6, 6.07) is 4.73. The number of methoxy groups -OCH3 is 2. The van der Waals surface area contributed by atoms with E-state index < -0.39 is 11.4 Å². The van der Waals surface area contributed by atoms with E-state index in [2.05, 4.69) is 9.97 Å². The molecule has 1 heterocycles. The molecule has 0 fully saturated rings. The van der Waals surface area contributed by atoms with Gasteiger partial charge in [-0.1, -0.05) is 0 Å². The number of nitrogens with zero attached hydrogens (tertiary/aromatic N) is 1. The molecule has 0 amide bonds. The number of rotatable bonds is 4. The molecule has 100 valence electrons. The molecular weight excluding hydrogens is 252 g/mol. The van der Waals surface area contributed by atoms with Crippen molar-refractivity contribution in [1.82, 2.24) is 9.97 Å². The van der Waals surface area contributed by atoms with Crippen molar-refractivity contribution < 1.29 is 19.3 Å². The topological polar surface area (TPSA) is 93.7 Å². The molecule has 1 aromatic heterocycles. The zero-order chi connectivity index (χ0) is 13.8. The minimum atomic E-state index is -0.581. The Bertz CT molecular complexity index is 638. The minimum Gasteiger partial charge on any atom is -0.493 e. The fraction of sp³-hybridized carbons (Fsp3) is 0.167. The largest absolute Gasteiger partial charge is 0.493 e. The third kappa shape index (κ3) is 2.59. The second-order valence-corrected chi connectivity index (χ2v) is 3.50. The van der Waals surface area contributed by atoms with E-state index in [-0.39, 0.29) is 5.75 Å². The minimum absolute atomic E-state index is 0.283. The average Bonchev–Trinajstić information content (AvgIpc) is 2.42. The van der Waals surface area contributed by atoms with Gasteiger partial charge >= 0.3 is 0 Å². The molecule has 0 atom stereocenters. The number of H-pyrrole nitrogens is 1. The lowest BCUT2D eigenvalue weighted by Crippen LogP contribution is -2.08. The molecule has 0 radical (unpaired) electrons. The molecule has 2 aromatic rings. The third-order valence-corrected chi connectivity index (χ3v) is 2.37. The highest BCUT2D eigenvalue weighted by Gasteiger charge is 2.12. The van der Waals surface area contributed by atoms with Crippen molar-refractivity contribution in [3.05, 3.63) is 34.9 Å². The van der Waals surface area contributed by atoms with Gasteiger partial charge in [-0.15, -0.1) is 0 Å². The number of benzene rings is 1. The smallest absolute Gasteiger partial charge is 0.297 e. The van der Waals surface area contributed by atoms with Gasteiger partial charge in [0.05, 0.1) is 20.5 Å². The summed E-state index contributed by atoms with van der Waals surface area (Å²) in [5.41, 5.74) is -0.581. The van der Waals surface area contributed by atoms with Gasteiger partial charge in [0.25, 0.3) is 17.2 Å². The molecule has 0 saturated carbocycles. The Hall–Kier alpha value is -2.70. The van der Waals surface area contributed by atoms with Crippen LogP contribution in [0, 0.1) is 0 Å². The van der Waals surface area contributed by atoms with Crippen LogP contribution < -0.4 is 19.8 Å². The number of aromatic amines is 1. The van der Waals surface area contributed by atoms with E-state index in [4.69, 9.17) is 14.2 Å². The zero-order valence-corrected chi connectivity index (χ0v) is 10.3. The first-order chi connectivity index (χ1) is 9.15. The number of hydrogen-bond acceptors (Lipinski definition) is 6. The molecule has 19 heavy (non-hydrogen) atoms. The first-order valence-corrected chi connectivity index (χ1v) is 5.32. The Morgan fingerprint density at radius 2 is 1.95 bits per heavy atom. The van der Waals surface area contributed by atoms with E-state index in [1.165, 1.54) is 20.3 Å². The Morgan fingerprint density at radius 3 is 2.58 bits per heavy atom. The van der Waals surface area contributed by atoms with Crippen molar-refractivity contribution >= 4 is 0 Å². The Labute approximate surface area is 108 Å². The van der Waals surface area contributed by atoms with Crippen LogP contribution in [0.5, 0.6) is 28.9 Å². The van der Waals surface area contributed by atoms with Crippen LogP contribution in [-0.2, 0) is 0 Å². The van der Waals surface area contributed by atoms with Gasteiger partial charge in [0, 0.05) is 6.07 Å². The molecule has 2 N–H and O–H groups in total. The summed E-state index contributed by atoms with van der Waals surface area (Å²) in [6.45, 7) is 0. The van der Waals surface area contributed by atoms with Crippen molar-refractivity contribution in [2.24, 2.45) is 0 Å². The van der Waals surface area contributed by atoms with Crippen molar-refractivity contribution in [3.63, 3.8) is 0 Å². The van der Waals surface area contributed by atoms with Crippen molar-refractivity contribution in [2.75, 3.05) is 14.2 Å². The fourth-order valence-electron chi connectivity index (χ4n) is 1.47. The van der Waals surface area contributed by atoms with Gasteiger partial charge in [0.15, 0.2) is 11.5 Å². The number of aromatic hydroxyl groups is 1. The van der Waals surface area contributed by atoms with Crippen LogP contribution in [-0.4, -0.2) is 29.3 Å². The summed E-state index contributed by atoms with van der Waals surface area (Å²) in [5, 5.41) is 9.47. The summed E-state index contributed by atoms with van der Waals surface area (Å²) < 4.78 is 15.5. The van der Waals surface area contributed by atoms with E-state index in [0.29, 0.717) is 17.2 Å². The number of nitrogens with one attached hydrogen (secondary N) is 1. The predicted molar refractivity (Wildman–Crippen MR) is 66.1 cm³/mol. The summed E-state index contributed by atoms with van der Waals surface area (Å²) in [6.07, 6.45) is 1.08. The monoisotopic (exact) mass is 264 g/mol. The van der Waals surface area contributed by atoms with Gasteiger partial charge < -0.3 is 24.3 Å². The van der Waals surface area contributed by atoms with E-state index in [9.17, 15) is 9.90 Å². The van der Waals surface area contributed by atoms with Gasteiger partial charge in [-0.05, 0) is 12.1 Å². The van der Waals surface area contributed by atoms with Crippen molar-refractivity contribution in [3.8, 4) is 28.9 Å². The lowest BCUT2D eigenvalue weighted by atomic mass is 10.3.